The number of benzene rings is 2. The molecule has 0 amide bonds. The molecule has 0 unspecified atom stereocenters. The Hall–Kier alpha value is -3.52. The van der Waals surface area contributed by atoms with Crippen molar-refractivity contribution in [2.75, 3.05) is 32.7 Å². The van der Waals surface area contributed by atoms with Gasteiger partial charge in [-0.2, -0.15) is 5.10 Å². The minimum atomic E-state index is -0.365. The molecular formula is C21H21N5O3. The Kier molecular flexibility index (Phi) is 5.35. The van der Waals surface area contributed by atoms with Crippen LogP contribution in [0.2, 0.25) is 0 Å². The molecule has 2 heterocycles. The molecule has 0 bridgehead atoms. The van der Waals surface area contributed by atoms with E-state index in [0.717, 1.165) is 35.0 Å². The van der Waals surface area contributed by atoms with Gasteiger partial charge in [-0.05, 0) is 23.3 Å². The molecule has 0 atom stereocenters. The molecule has 8 heteroatoms. The number of methoxy groups -OCH3 is 2. The smallest absolute Gasteiger partial charge is 0.338 e. The molecule has 1 N–H and O–H groups in total. The molecule has 4 aromatic rings. The molecule has 29 heavy (non-hydrogen) atoms. The van der Waals surface area contributed by atoms with Gasteiger partial charge >= 0.3 is 5.97 Å². The molecule has 4 rings (SSSR count). The summed E-state index contributed by atoms with van der Waals surface area (Å²) in [5, 5.41) is 9.41. The summed E-state index contributed by atoms with van der Waals surface area (Å²) in [4.78, 5) is 21.0. The lowest BCUT2D eigenvalue weighted by molar-refractivity contribution is 0.0603. The summed E-state index contributed by atoms with van der Waals surface area (Å²) >= 11 is 0. The van der Waals surface area contributed by atoms with Crippen LogP contribution in [0.5, 0.6) is 0 Å². The normalized spacial score (nSPS) is 11.1. The Morgan fingerprint density at radius 2 is 1.93 bits per heavy atom. The number of ether oxygens (including phenoxy) is 2. The maximum atomic E-state index is 12.2. The van der Waals surface area contributed by atoms with Crippen LogP contribution < -0.4 is 5.32 Å². The van der Waals surface area contributed by atoms with E-state index in [9.17, 15) is 4.79 Å². The van der Waals surface area contributed by atoms with Gasteiger partial charge in [0.15, 0.2) is 11.5 Å². The van der Waals surface area contributed by atoms with Crippen LogP contribution in [0.15, 0.2) is 48.9 Å². The second kappa shape index (κ2) is 8.24. The van der Waals surface area contributed by atoms with E-state index in [1.807, 2.05) is 30.3 Å². The Bertz CT molecular complexity index is 1170. The van der Waals surface area contributed by atoms with Crippen molar-refractivity contribution in [2.45, 2.75) is 6.42 Å². The molecule has 148 valence electrons. The highest BCUT2D eigenvalue weighted by Crippen LogP contribution is 2.31. The first-order valence-electron chi connectivity index (χ1n) is 9.26. The van der Waals surface area contributed by atoms with Gasteiger partial charge in [0.25, 0.3) is 0 Å². The molecule has 0 aliphatic carbocycles. The molecule has 0 aliphatic rings. The van der Waals surface area contributed by atoms with Crippen LogP contribution in [0.1, 0.15) is 16.8 Å². The van der Waals surface area contributed by atoms with E-state index in [1.54, 1.807) is 23.9 Å². The topological polar surface area (TPSA) is 90.6 Å². The lowest BCUT2D eigenvalue weighted by Gasteiger charge is -2.10. The first-order chi connectivity index (χ1) is 14.2. The van der Waals surface area contributed by atoms with Crippen molar-refractivity contribution in [1.29, 1.82) is 0 Å². The highest BCUT2D eigenvalue weighted by atomic mass is 16.5. The number of esters is 1. The predicted octanol–water partition coefficient (Wildman–Crippen LogP) is 3.18. The zero-order valence-electron chi connectivity index (χ0n) is 16.3. The number of nitrogens with one attached hydrogen (secondary N) is 1. The third-order valence-electron chi connectivity index (χ3n) is 4.72. The molecule has 2 aromatic carbocycles. The number of aromatic nitrogens is 4. The van der Waals surface area contributed by atoms with Crippen molar-refractivity contribution in [2.24, 2.45) is 0 Å². The number of anilines is 1. The number of carbonyl (C=O) groups is 1. The molecule has 0 fully saturated rings. The lowest BCUT2D eigenvalue weighted by Crippen LogP contribution is -2.08. The third kappa shape index (κ3) is 3.50. The molecule has 2 aromatic heterocycles. The van der Waals surface area contributed by atoms with Crippen molar-refractivity contribution >= 4 is 28.2 Å². The van der Waals surface area contributed by atoms with Crippen LogP contribution in [-0.2, 0) is 9.47 Å². The summed E-state index contributed by atoms with van der Waals surface area (Å²) < 4.78 is 11.8. The van der Waals surface area contributed by atoms with Crippen LogP contribution in [0.25, 0.3) is 27.7 Å². The van der Waals surface area contributed by atoms with Crippen molar-refractivity contribution in [3.05, 3.63) is 54.5 Å². The van der Waals surface area contributed by atoms with Gasteiger partial charge in [0.1, 0.15) is 6.33 Å². The van der Waals surface area contributed by atoms with E-state index in [-0.39, 0.29) is 5.97 Å². The van der Waals surface area contributed by atoms with Crippen LogP contribution in [-0.4, -0.2) is 52.9 Å². The summed E-state index contributed by atoms with van der Waals surface area (Å²) in [7, 11) is 3.06. The van der Waals surface area contributed by atoms with Gasteiger partial charge in [0.2, 0.25) is 0 Å². The monoisotopic (exact) mass is 391 g/mol. The zero-order chi connectivity index (χ0) is 20.2. The standard InChI is InChI=1S/C21H21N5O3/c1-28-11-5-10-22-19-20-23-12-18(26(20)25-13-24-19)16-8-3-7-15-14(16)6-4-9-17(15)21(27)29-2/h3-4,6-9,12-13H,5,10-11H2,1-2H3,(H,22,24,25). The van der Waals surface area contributed by atoms with Crippen molar-refractivity contribution in [3.63, 3.8) is 0 Å². The Labute approximate surface area is 167 Å². The third-order valence-corrected chi connectivity index (χ3v) is 4.72. The van der Waals surface area contributed by atoms with Crippen LogP contribution in [0.3, 0.4) is 0 Å². The number of nitrogens with zero attached hydrogens (tertiary/aromatic N) is 4. The number of carbonyl (C=O) groups excluding carboxylic acids is 1. The van der Waals surface area contributed by atoms with E-state index in [0.29, 0.717) is 23.6 Å². The second-order valence-corrected chi connectivity index (χ2v) is 6.46. The fourth-order valence-electron chi connectivity index (χ4n) is 3.37. The fraction of sp³-hybridized carbons (Fsp3) is 0.238. The minimum absolute atomic E-state index is 0.365. The summed E-state index contributed by atoms with van der Waals surface area (Å²) in [6, 6.07) is 11.4. The number of imidazole rings is 1. The summed E-state index contributed by atoms with van der Waals surface area (Å²) in [5.74, 6) is 0.300. The van der Waals surface area contributed by atoms with E-state index >= 15 is 0 Å². The summed E-state index contributed by atoms with van der Waals surface area (Å²) in [5.41, 5.74) is 2.90. The van der Waals surface area contributed by atoms with Gasteiger partial charge < -0.3 is 14.8 Å². The van der Waals surface area contributed by atoms with Crippen LogP contribution >= 0.6 is 0 Å². The Morgan fingerprint density at radius 1 is 1.10 bits per heavy atom. The maximum absolute atomic E-state index is 12.2. The van der Waals surface area contributed by atoms with Crippen molar-refractivity contribution in [1.82, 2.24) is 19.6 Å². The van der Waals surface area contributed by atoms with Crippen molar-refractivity contribution in [3.8, 4) is 11.3 Å². The molecule has 8 nitrogen and oxygen atoms in total. The zero-order valence-corrected chi connectivity index (χ0v) is 16.3. The predicted molar refractivity (Wildman–Crippen MR) is 110 cm³/mol. The lowest BCUT2D eigenvalue weighted by atomic mass is 9.98. The average Bonchev–Trinajstić information content (AvgIpc) is 3.20. The fourth-order valence-corrected chi connectivity index (χ4v) is 3.37. The van der Waals surface area contributed by atoms with E-state index in [4.69, 9.17) is 9.47 Å². The largest absolute Gasteiger partial charge is 0.465 e. The number of fused-ring (bicyclic) bond motifs is 2. The van der Waals surface area contributed by atoms with E-state index < -0.39 is 0 Å². The van der Waals surface area contributed by atoms with Gasteiger partial charge in [-0.25, -0.2) is 19.3 Å². The van der Waals surface area contributed by atoms with Crippen LogP contribution in [0, 0.1) is 0 Å². The SMILES string of the molecule is COCCCNc1ncnn2c(-c3cccc4c(C(=O)OC)cccc34)cnc12. The molecule has 0 aliphatic heterocycles. The van der Waals surface area contributed by atoms with E-state index in [1.165, 1.54) is 13.4 Å². The Balaban J connectivity index is 1.79. The molecule has 0 radical (unpaired) electrons. The average molecular weight is 391 g/mol. The second-order valence-electron chi connectivity index (χ2n) is 6.46. The van der Waals surface area contributed by atoms with Crippen LogP contribution in [0.4, 0.5) is 5.82 Å². The summed E-state index contributed by atoms with van der Waals surface area (Å²) in [6.07, 6.45) is 4.13. The van der Waals surface area contributed by atoms with Gasteiger partial charge in [0.05, 0.1) is 24.6 Å². The van der Waals surface area contributed by atoms with Gasteiger partial charge in [-0.3, -0.25) is 0 Å². The molecule has 0 saturated carbocycles. The highest BCUT2D eigenvalue weighted by molar-refractivity contribution is 6.08. The van der Waals surface area contributed by atoms with Crippen molar-refractivity contribution < 1.29 is 14.3 Å². The Morgan fingerprint density at radius 3 is 2.76 bits per heavy atom. The molecule has 0 saturated heterocycles. The molecular weight excluding hydrogens is 370 g/mol. The van der Waals surface area contributed by atoms with E-state index in [2.05, 4.69) is 20.4 Å². The first-order valence-corrected chi connectivity index (χ1v) is 9.26. The summed E-state index contributed by atoms with van der Waals surface area (Å²) in [6.45, 7) is 1.39. The van der Waals surface area contributed by atoms with Gasteiger partial charge in [-0.15, -0.1) is 0 Å². The minimum Gasteiger partial charge on any atom is -0.465 e. The highest BCUT2D eigenvalue weighted by Gasteiger charge is 2.16. The number of hydrogen-bond donors (Lipinski definition) is 1. The van der Waals surface area contributed by atoms with Gasteiger partial charge in [0, 0.05) is 25.8 Å². The molecule has 0 spiro atoms. The number of rotatable bonds is 7. The van der Waals surface area contributed by atoms with Gasteiger partial charge in [-0.1, -0.05) is 30.3 Å². The quantitative estimate of drug-likeness (QED) is 0.382. The number of hydrogen-bond acceptors (Lipinski definition) is 7. The maximum Gasteiger partial charge on any atom is 0.338 e. The first kappa shape index (κ1) is 18.8.